The highest BCUT2D eigenvalue weighted by molar-refractivity contribution is 6.30. The summed E-state index contributed by atoms with van der Waals surface area (Å²) < 4.78 is 0. The summed E-state index contributed by atoms with van der Waals surface area (Å²) in [5.74, 6) is -1.25. The van der Waals surface area contributed by atoms with Gasteiger partial charge in [0.2, 0.25) is 0 Å². The molecule has 0 atom stereocenters. The van der Waals surface area contributed by atoms with Crippen molar-refractivity contribution in [2.75, 3.05) is 0 Å². The first-order valence-corrected chi connectivity index (χ1v) is 5.60. The highest BCUT2D eigenvalue weighted by Crippen LogP contribution is 2.23. The Morgan fingerprint density at radius 1 is 1.28 bits per heavy atom. The number of carboxylic acid groups (broad SMARTS) is 1. The van der Waals surface area contributed by atoms with Crippen molar-refractivity contribution in [3.63, 3.8) is 0 Å². The van der Waals surface area contributed by atoms with Crippen molar-refractivity contribution < 1.29 is 9.90 Å². The molecule has 0 fully saturated rings. The number of aryl methyl sites for hydroxylation is 1. The van der Waals surface area contributed by atoms with E-state index in [1.54, 1.807) is 37.3 Å². The molecule has 0 bridgehead atoms. The molecule has 0 aliphatic rings. The summed E-state index contributed by atoms with van der Waals surface area (Å²) in [4.78, 5) is 25.3. The maximum atomic E-state index is 11.7. The van der Waals surface area contributed by atoms with Gasteiger partial charge in [-0.15, -0.1) is 0 Å². The summed E-state index contributed by atoms with van der Waals surface area (Å²) in [6, 6.07) is 8.30. The lowest BCUT2D eigenvalue weighted by Gasteiger charge is -2.07. The normalized spacial score (nSPS) is 10.3. The molecule has 0 spiro atoms. The van der Waals surface area contributed by atoms with Crippen LogP contribution in [0.1, 0.15) is 16.1 Å². The number of hydrogen-bond donors (Lipinski definition) is 2. The van der Waals surface area contributed by atoms with Crippen molar-refractivity contribution in [1.82, 2.24) is 4.98 Å². The minimum atomic E-state index is -1.25. The van der Waals surface area contributed by atoms with Crippen molar-refractivity contribution >= 4 is 17.6 Å². The lowest BCUT2D eigenvalue weighted by Crippen LogP contribution is -2.19. The first kappa shape index (κ1) is 12.4. The van der Waals surface area contributed by atoms with Crippen LogP contribution >= 0.6 is 11.6 Å². The van der Waals surface area contributed by atoms with E-state index < -0.39 is 11.5 Å². The third-order valence-corrected chi connectivity index (χ3v) is 2.79. The Bertz CT molecular complexity index is 659. The molecule has 1 heterocycles. The van der Waals surface area contributed by atoms with Gasteiger partial charge in [0, 0.05) is 16.3 Å². The van der Waals surface area contributed by atoms with E-state index >= 15 is 0 Å². The maximum Gasteiger partial charge on any atom is 0.341 e. The fourth-order valence-corrected chi connectivity index (χ4v) is 1.88. The summed E-state index contributed by atoms with van der Waals surface area (Å²) in [5.41, 5.74) is 0.775. The van der Waals surface area contributed by atoms with Gasteiger partial charge < -0.3 is 10.1 Å². The van der Waals surface area contributed by atoms with Crippen LogP contribution in [0, 0.1) is 6.92 Å². The first-order chi connectivity index (χ1) is 8.49. The average molecular weight is 264 g/mol. The first-order valence-electron chi connectivity index (χ1n) is 5.22. The molecule has 2 aromatic rings. The maximum absolute atomic E-state index is 11.7. The second-order valence-corrected chi connectivity index (χ2v) is 4.32. The zero-order valence-electron chi connectivity index (χ0n) is 9.53. The number of benzene rings is 1. The third-order valence-electron chi connectivity index (χ3n) is 2.54. The van der Waals surface area contributed by atoms with Gasteiger partial charge in [-0.1, -0.05) is 23.7 Å². The van der Waals surface area contributed by atoms with Gasteiger partial charge >= 0.3 is 5.97 Å². The van der Waals surface area contributed by atoms with E-state index in [0.717, 1.165) is 0 Å². The van der Waals surface area contributed by atoms with E-state index in [-0.39, 0.29) is 5.56 Å². The van der Waals surface area contributed by atoms with Crippen LogP contribution in [0.2, 0.25) is 5.02 Å². The van der Waals surface area contributed by atoms with Crippen LogP contribution in [0.25, 0.3) is 11.1 Å². The van der Waals surface area contributed by atoms with Gasteiger partial charge in [0.25, 0.3) is 5.56 Å². The number of hydrogen-bond acceptors (Lipinski definition) is 2. The van der Waals surface area contributed by atoms with Crippen LogP contribution in [-0.4, -0.2) is 16.1 Å². The summed E-state index contributed by atoms with van der Waals surface area (Å²) >= 11 is 5.78. The molecule has 92 valence electrons. The molecule has 0 saturated heterocycles. The molecule has 18 heavy (non-hydrogen) atoms. The Morgan fingerprint density at radius 2 is 1.89 bits per heavy atom. The quantitative estimate of drug-likeness (QED) is 0.875. The number of carboxylic acids is 1. The van der Waals surface area contributed by atoms with Crippen LogP contribution in [0.15, 0.2) is 35.1 Å². The molecule has 5 heteroatoms. The smallest absolute Gasteiger partial charge is 0.341 e. The van der Waals surface area contributed by atoms with Crippen LogP contribution in [0.3, 0.4) is 0 Å². The lowest BCUT2D eigenvalue weighted by molar-refractivity contribution is 0.0696. The van der Waals surface area contributed by atoms with Crippen LogP contribution in [0.5, 0.6) is 0 Å². The van der Waals surface area contributed by atoms with E-state index in [2.05, 4.69) is 4.98 Å². The Morgan fingerprint density at radius 3 is 2.44 bits per heavy atom. The van der Waals surface area contributed by atoms with Gasteiger partial charge in [0.15, 0.2) is 0 Å². The third kappa shape index (κ3) is 2.28. The highest BCUT2D eigenvalue weighted by atomic mass is 35.5. The zero-order chi connectivity index (χ0) is 13.3. The number of aromatic amines is 1. The van der Waals surface area contributed by atoms with Crippen molar-refractivity contribution in [3.8, 4) is 11.1 Å². The summed E-state index contributed by atoms with van der Waals surface area (Å²) in [5, 5.41) is 9.66. The van der Waals surface area contributed by atoms with Crippen LogP contribution in [-0.2, 0) is 0 Å². The molecule has 0 unspecified atom stereocenters. The Hall–Kier alpha value is -2.07. The van der Waals surface area contributed by atoms with Gasteiger partial charge in [0.05, 0.1) is 0 Å². The van der Waals surface area contributed by atoms with Crippen molar-refractivity contribution in [3.05, 3.63) is 57.0 Å². The van der Waals surface area contributed by atoms with Crippen molar-refractivity contribution in [2.24, 2.45) is 0 Å². The fraction of sp³-hybridized carbons (Fsp3) is 0.0769. The number of aromatic carboxylic acids is 1. The highest BCUT2D eigenvalue weighted by Gasteiger charge is 2.16. The largest absolute Gasteiger partial charge is 0.477 e. The molecule has 4 nitrogen and oxygen atoms in total. The van der Waals surface area contributed by atoms with Gasteiger partial charge in [-0.25, -0.2) is 4.79 Å². The number of pyridine rings is 1. The number of carbonyl (C=O) groups is 1. The number of rotatable bonds is 2. The molecular weight excluding hydrogens is 254 g/mol. The molecule has 0 saturated carbocycles. The zero-order valence-corrected chi connectivity index (χ0v) is 10.3. The van der Waals surface area contributed by atoms with Crippen molar-refractivity contribution in [2.45, 2.75) is 6.92 Å². The second kappa shape index (κ2) is 4.66. The van der Waals surface area contributed by atoms with E-state index in [1.807, 2.05) is 0 Å². The number of H-pyrrole nitrogens is 1. The monoisotopic (exact) mass is 263 g/mol. The number of halogens is 1. The number of nitrogens with one attached hydrogen (secondary N) is 1. The predicted molar refractivity (Wildman–Crippen MR) is 69.2 cm³/mol. The van der Waals surface area contributed by atoms with Crippen LogP contribution < -0.4 is 5.56 Å². The fourth-order valence-electron chi connectivity index (χ4n) is 1.76. The topological polar surface area (TPSA) is 70.2 Å². The summed E-state index contributed by atoms with van der Waals surface area (Å²) in [7, 11) is 0. The van der Waals surface area contributed by atoms with E-state index in [9.17, 15) is 9.59 Å². The minimum absolute atomic E-state index is 0.261. The molecule has 1 aromatic carbocycles. The van der Waals surface area contributed by atoms with Crippen molar-refractivity contribution in [1.29, 1.82) is 0 Å². The van der Waals surface area contributed by atoms with Gasteiger partial charge in [-0.3, -0.25) is 4.79 Å². The van der Waals surface area contributed by atoms with E-state index in [1.165, 1.54) is 0 Å². The Labute approximate surface area is 108 Å². The van der Waals surface area contributed by atoms with Gasteiger partial charge in [0.1, 0.15) is 5.56 Å². The summed E-state index contributed by atoms with van der Waals surface area (Å²) in [6.45, 7) is 1.70. The summed E-state index contributed by atoms with van der Waals surface area (Å²) in [6.07, 6.45) is 0. The molecule has 1 aromatic heterocycles. The Balaban J connectivity index is 2.73. The Kier molecular flexibility index (Phi) is 3.21. The molecule has 0 aliphatic carbocycles. The van der Waals surface area contributed by atoms with Gasteiger partial charge in [-0.05, 0) is 30.7 Å². The van der Waals surface area contributed by atoms with Gasteiger partial charge in [-0.2, -0.15) is 0 Å². The van der Waals surface area contributed by atoms with E-state index in [4.69, 9.17) is 16.7 Å². The minimum Gasteiger partial charge on any atom is -0.477 e. The second-order valence-electron chi connectivity index (χ2n) is 3.88. The molecule has 0 aliphatic heterocycles. The number of aromatic nitrogens is 1. The molecule has 0 amide bonds. The van der Waals surface area contributed by atoms with E-state index in [0.29, 0.717) is 21.8 Å². The molecule has 2 rings (SSSR count). The standard InChI is InChI=1S/C13H10ClNO3/c1-7-6-10(8-2-4-9(14)5-3-8)11(13(17)18)12(16)15-7/h2-6H,1H3,(H,15,16)(H,17,18). The van der Waals surface area contributed by atoms with Crippen LogP contribution in [0.4, 0.5) is 0 Å². The SMILES string of the molecule is Cc1cc(-c2ccc(Cl)cc2)c(C(=O)O)c(=O)[nH]1. The lowest BCUT2D eigenvalue weighted by atomic mass is 10.0. The molecule has 0 radical (unpaired) electrons. The molecular formula is C13H10ClNO3. The predicted octanol–water partition coefficient (Wildman–Crippen LogP) is 2.70. The average Bonchev–Trinajstić information content (AvgIpc) is 2.28. The molecule has 2 N–H and O–H groups in total.